The third-order valence-corrected chi connectivity index (χ3v) is 5.67. The van der Waals surface area contributed by atoms with Crippen molar-refractivity contribution in [3.63, 3.8) is 0 Å². The van der Waals surface area contributed by atoms with E-state index in [1.165, 1.54) is 11.1 Å². The second kappa shape index (κ2) is 8.40. The summed E-state index contributed by atoms with van der Waals surface area (Å²) >= 11 is 1.57. The summed E-state index contributed by atoms with van der Waals surface area (Å²) in [6.07, 6.45) is 4.31. The molecule has 0 atom stereocenters. The minimum absolute atomic E-state index is 0.0540. The van der Waals surface area contributed by atoms with Crippen LogP contribution in [0.2, 0.25) is 0 Å². The number of benzene rings is 2. The van der Waals surface area contributed by atoms with Crippen molar-refractivity contribution in [2.75, 3.05) is 6.54 Å². The van der Waals surface area contributed by atoms with Gasteiger partial charge in [-0.05, 0) is 25.3 Å². The number of aryl methyl sites for hydroxylation is 2. The Hall–Kier alpha value is -2.92. The predicted molar refractivity (Wildman–Crippen MR) is 115 cm³/mol. The molecule has 4 aromatic rings. The molecule has 1 amide bonds. The van der Waals surface area contributed by atoms with Gasteiger partial charge in [-0.15, -0.1) is 11.3 Å². The third-order valence-electron chi connectivity index (χ3n) is 4.78. The molecule has 0 spiro atoms. The van der Waals surface area contributed by atoms with Gasteiger partial charge >= 0.3 is 0 Å². The minimum Gasteiger partial charge on any atom is -0.356 e. The van der Waals surface area contributed by atoms with Crippen LogP contribution in [0.5, 0.6) is 0 Å². The van der Waals surface area contributed by atoms with E-state index in [0.717, 1.165) is 34.8 Å². The summed E-state index contributed by atoms with van der Waals surface area (Å²) in [5.74, 6) is 0.0540. The molecular formula is C23H23N3OS. The average molecular weight is 390 g/mol. The number of carbonyl (C=O) groups is 1. The zero-order chi connectivity index (χ0) is 19.3. The Labute approximate surface area is 168 Å². The number of nitrogens with zero attached hydrogens (tertiary/aromatic N) is 2. The van der Waals surface area contributed by atoms with Crippen molar-refractivity contribution in [2.24, 2.45) is 0 Å². The Morgan fingerprint density at radius 2 is 1.89 bits per heavy atom. The van der Waals surface area contributed by atoms with Gasteiger partial charge in [0.2, 0.25) is 5.91 Å². The lowest BCUT2D eigenvalue weighted by Crippen LogP contribution is -2.26. The first-order valence-electron chi connectivity index (χ1n) is 9.52. The SMILES string of the molecule is Cc1ccc(-c2cn3c(CC(=O)NCCCc4ccccc4)csc3n2)cc1. The first-order valence-corrected chi connectivity index (χ1v) is 10.4. The van der Waals surface area contributed by atoms with Crippen LogP contribution in [0, 0.1) is 6.92 Å². The zero-order valence-corrected chi connectivity index (χ0v) is 16.7. The first-order chi connectivity index (χ1) is 13.7. The van der Waals surface area contributed by atoms with E-state index in [2.05, 4.69) is 48.6 Å². The molecule has 1 N–H and O–H groups in total. The molecule has 0 fully saturated rings. The molecule has 5 heteroatoms. The van der Waals surface area contributed by atoms with E-state index >= 15 is 0 Å². The molecule has 0 aliphatic carbocycles. The standard InChI is InChI=1S/C23H23N3OS/c1-17-9-11-19(12-10-17)21-15-26-20(16-28-23(26)25-21)14-22(27)24-13-5-8-18-6-3-2-4-7-18/h2-4,6-7,9-12,15-16H,5,8,13-14H2,1H3,(H,24,27). The second-order valence-corrected chi connectivity index (χ2v) is 7.82. The van der Waals surface area contributed by atoms with Gasteiger partial charge in [-0.25, -0.2) is 4.98 Å². The molecule has 0 aliphatic heterocycles. The Kier molecular flexibility index (Phi) is 5.53. The first kappa shape index (κ1) is 18.4. The highest BCUT2D eigenvalue weighted by Gasteiger charge is 2.12. The molecule has 0 saturated carbocycles. The largest absolute Gasteiger partial charge is 0.356 e. The van der Waals surface area contributed by atoms with E-state index in [1.54, 1.807) is 11.3 Å². The van der Waals surface area contributed by atoms with Crippen molar-refractivity contribution in [3.8, 4) is 11.3 Å². The summed E-state index contributed by atoms with van der Waals surface area (Å²) in [4.78, 5) is 18.0. The lowest BCUT2D eigenvalue weighted by atomic mass is 10.1. The van der Waals surface area contributed by atoms with Crippen LogP contribution in [0.4, 0.5) is 0 Å². The molecule has 0 radical (unpaired) electrons. The van der Waals surface area contributed by atoms with Gasteiger partial charge in [-0.1, -0.05) is 60.2 Å². The smallest absolute Gasteiger partial charge is 0.225 e. The van der Waals surface area contributed by atoms with Gasteiger partial charge in [0.15, 0.2) is 4.96 Å². The van der Waals surface area contributed by atoms with E-state index in [1.807, 2.05) is 34.2 Å². The molecule has 2 heterocycles. The topological polar surface area (TPSA) is 46.4 Å². The number of rotatable bonds is 7. The summed E-state index contributed by atoms with van der Waals surface area (Å²) in [7, 11) is 0. The maximum atomic E-state index is 12.3. The van der Waals surface area contributed by atoms with Gasteiger partial charge < -0.3 is 5.32 Å². The number of amides is 1. The fourth-order valence-electron chi connectivity index (χ4n) is 3.21. The fourth-order valence-corrected chi connectivity index (χ4v) is 4.08. The molecule has 0 aliphatic rings. The van der Waals surface area contributed by atoms with Crippen LogP contribution in [0.3, 0.4) is 0 Å². The Bertz CT molecular complexity index is 1060. The normalized spacial score (nSPS) is 11.0. The van der Waals surface area contributed by atoms with E-state index in [9.17, 15) is 4.79 Å². The van der Waals surface area contributed by atoms with Crippen molar-refractivity contribution in [3.05, 3.63) is 83.0 Å². The molecular weight excluding hydrogens is 366 g/mol. The lowest BCUT2D eigenvalue weighted by molar-refractivity contribution is -0.120. The number of aromatic nitrogens is 2. The van der Waals surface area contributed by atoms with Gasteiger partial charge in [-0.2, -0.15) is 0 Å². The molecule has 0 bridgehead atoms. The van der Waals surface area contributed by atoms with E-state index in [0.29, 0.717) is 13.0 Å². The Morgan fingerprint density at radius 3 is 2.68 bits per heavy atom. The van der Waals surface area contributed by atoms with Crippen LogP contribution < -0.4 is 5.32 Å². The summed E-state index contributed by atoms with van der Waals surface area (Å²) in [6.45, 7) is 2.77. The number of hydrogen-bond acceptors (Lipinski definition) is 3. The number of hydrogen-bond donors (Lipinski definition) is 1. The van der Waals surface area contributed by atoms with Gasteiger partial charge in [0.1, 0.15) is 0 Å². The van der Waals surface area contributed by atoms with Crippen LogP contribution in [0.25, 0.3) is 16.2 Å². The highest BCUT2D eigenvalue weighted by molar-refractivity contribution is 7.15. The molecule has 2 aromatic carbocycles. The molecule has 0 unspecified atom stereocenters. The van der Waals surface area contributed by atoms with Gasteiger partial charge in [0.05, 0.1) is 12.1 Å². The van der Waals surface area contributed by atoms with Crippen LogP contribution in [0.15, 0.2) is 66.2 Å². The third kappa shape index (κ3) is 4.31. The molecule has 4 nitrogen and oxygen atoms in total. The zero-order valence-electron chi connectivity index (χ0n) is 15.9. The van der Waals surface area contributed by atoms with Gasteiger partial charge in [0.25, 0.3) is 0 Å². The quantitative estimate of drug-likeness (QED) is 0.467. The summed E-state index contributed by atoms with van der Waals surface area (Å²) in [5.41, 5.74) is 5.55. The number of thiazole rings is 1. The Morgan fingerprint density at radius 1 is 1.11 bits per heavy atom. The summed E-state index contributed by atoms with van der Waals surface area (Å²) in [6, 6.07) is 18.7. The van der Waals surface area contributed by atoms with Gasteiger partial charge in [0, 0.05) is 29.4 Å². The molecule has 142 valence electrons. The monoisotopic (exact) mass is 389 g/mol. The van der Waals surface area contributed by atoms with Crippen molar-refractivity contribution in [1.82, 2.24) is 14.7 Å². The molecule has 28 heavy (non-hydrogen) atoms. The van der Waals surface area contributed by atoms with E-state index in [4.69, 9.17) is 4.98 Å². The molecule has 2 aromatic heterocycles. The Balaban J connectivity index is 1.35. The van der Waals surface area contributed by atoms with Crippen LogP contribution in [-0.2, 0) is 17.6 Å². The number of nitrogens with one attached hydrogen (secondary N) is 1. The number of fused-ring (bicyclic) bond motifs is 1. The maximum absolute atomic E-state index is 12.3. The summed E-state index contributed by atoms with van der Waals surface area (Å²) < 4.78 is 2.03. The van der Waals surface area contributed by atoms with Crippen molar-refractivity contribution in [1.29, 1.82) is 0 Å². The maximum Gasteiger partial charge on any atom is 0.225 e. The average Bonchev–Trinajstić information content (AvgIpc) is 3.29. The highest BCUT2D eigenvalue weighted by Crippen LogP contribution is 2.24. The fraction of sp³-hybridized carbons (Fsp3) is 0.217. The van der Waals surface area contributed by atoms with Crippen LogP contribution >= 0.6 is 11.3 Å². The summed E-state index contributed by atoms with van der Waals surface area (Å²) in [5, 5.41) is 5.05. The van der Waals surface area contributed by atoms with Crippen LogP contribution in [-0.4, -0.2) is 21.8 Å². The lowest BCUT2D eigenvalue weighted by Gasteiger charge is -2.05. The van der Waals surface area contributed by atoms with Crippen molar-refractivity contribution in [2.45, 2.75) is 26.2 Å². The highest BCUT2D eigenvalue weighted by atomic mass is 32.1. The van der Waals surface area contributed by atoms with Crippen molar-refractivity contribution >= 4 is 22.2 Å². The minimum atomic E-state index is 0.0540. The number of imidazole rings is 1. The van der Waals surface area contributed by atoms with E-state index < -0.39 is 0 Å². The van der Waals surface area contributed by atoms with Gasteiger partial charge in [-0.3, -0.25) is 9.20 Å². The molecule has 4 rings (SSSR count). The predicted octanol–water partition coefficient (Wildman–Crippen LogP) is 4.66. The van der Waals surface area contributed by atoms with E-state index in [-0.39, 0.29) is 5.91 Å². The number of carbonyl (C=O) groups excluding carboxylic acids is 1. The molecule has 0 saturated heterocycles. The second-order valence-electron chi connectivity index (χ2n) is 6.99. The van der Waals surface area contributed by atoms with Crippen molar-refractivity contribution < 1.29 is 4.79 Å². The van der Waals surface area contributed by atoms with Crippen LogP contribution in [0.1, 0.15) is 23.2 Å².